The van der Waals surface area contributed by atoms with E-state index in [2.05, 4.69) is 23.6 Å². The van der Waals surface area contributed by atoms with Crippen LogP contribution in [0.3, 0.4) is 0 Å². The summed E-state index contributed by atoms with van der Waals surface area (Å²) in [6, 6.07) is 7.92. The van der Waals surface area contributed by atoms with E-state index in [1.54, 1.807) is 6.92 Å². The third kappa shape index (κ3) is 5.01. The lowest BCUT2D eigenvalue weighted by Gasteiger charge is -2.23. The Hall–Kier alpha value is -2.08. The van der Waals surface area contributed by atoms with E-state index < -0.39 is 11.3 Å². The quantitative estimate of drug-likeness (QED) is 0.761. The van der Waals surface area contributed by atoms with E-state index in [0.717, 1.165) is 52.7 Å². The van der Waals surface area contributed by atoms with Gasteiger partial charge in [-0.1, -0.05) is 49.2 Å². The fourth-order valence-corrected chi connectivity index (χ4v) is 4.42. The molecule has 0 saturated heterocycles. The smallest absolute Gasteiger partial charge is 0.321 e. The van der Waals surface area contributed by atoms with Crippen LogP contribution in [0.25, 0.3) is 10.9 Å². The Balaban J connectivity index is 1.61. The number of benzene rings is 1. The molecule has 0 bridgehead atoms. The molecule has 0 aliphatic heterocycles. The number of carbonyl (C=O) groups is 2. The molecule has 2 N–H and O–H groups in total. The van der Waals surface area contributed by atoms with Gasteiger partial charge in [0, 0.05) is 11.4 Å². The number of pyridine rings is 1. The van der Waals surface area contributed by atoms with Gasteiger partial charge in [0.1, 0.15) is 0 Å². The van der Waals surface area contributed by atoms with E-state index in [-0.39, 0.29) is 11.9 Å². The minimum Gasteiger partial charge on any atom is -0.335 e. The lowest BCUT2D eigenvalue weighted by Crippen LogP contribution is -2.47. The summed E-state index contributed by atoms with van der Waals surface area (Å²) in [6.45, 7) is 5.89. The van der Waals surface area contributed by atoms with Gasteiger partial charge in [0.25, 0.3) is 0 Å². The summed E-state index contributed by atoms with van der Waals surface area (Å²) in [7, 11) is 0. The number of nitrogens with one attached hydrogen (secondary N) is 2. The van der Waals surface area contributed by atoms with Gasteiger partial charge in [0.05, 0.1) is 15.8 Å². The number of imide groups is 1. The van der Waals surface area contributed by atoms with Crippen LogP contribution in [0, 0.1) is 13.8 Å². The first-order chi connectivity index (χ1) is 12.9. The summed E-state index contributed by atoms with van der Waals surface area (Å²) in [6.07, 6.45) is 5.48. The van der Waals surface area contributed by atoms with E-state index >= 15 is 0 Å². The Labute approximate surface area is 164 Å². The molecule has 1 aliphatic rings. The van der Waals surface area contributed by atoms with Crippen molar-refractivity contribution >= 4 is 34.6 Å². The highest BCUT2D eigenvalue weighted by Crippen LogP contribution is 2.28. The van der Waals surface area contributed by atoms with E-state index in [4.69, 9.17) is 4.98 Å². The molecule has 6 heteroatoms. The number of urea groups is 1. The van der Waals surface area contributed by atoms with Crippen LogP contribution in [0.4, 0.5) is 4.79 Å². The molecule has 1 aromatic carbocycles. The minimum absolute atomic E-state index is 0.183. The number of amides is 3. The SMILES string of the molecule is Cc1cc(S[C@@H](C)C(=O)NC(=O)NC2CCCCC2)nc2c(C)cccc12. The molecule has 2 aromatic rings. The first kappa shape index (κ1) is 19.7. The highest BCUT2D eigenvalue weighted by Gasteiger charge is 2.21. The van der Waals surface area contributed by atoms with Gasteiger partial charge in [0.2, 0.25) is 5.91 Å². The van der Waals surface area contributed by atoms with Crippen molar-refractivity contribution in [1.82, 2.24) is 15.6 Å². The van der Waals surface area contributed by atoms with E-state index in [9.17, 15) is 9.59 Å². The largest absolute Gasteiger partial charge is 0.335 e. The molecule has 3 rings (SSSR count). The molecule has 1 heterocycles. The van der Waals surface area contributed by atoms with Gasteiger partial charge >= 0.3 is 6.03 Å². The predicted molar refractivity (Wildman–Crippen MR) is 110 cm³/mol. The summed E-state index contributed by atoms with van der Waals surface area (Å²) in [4.78, 5) is 29.2. The van der Waals surface area contributed by atoms with Crippen LogP contribution in [0.1, 0.15) is 50.2 Å². The molecule has 3 amide bonds. The maximum Gasteiger partial charge on any atom is 0.321 e. The van der Waals surface area contributed by atoms with Gasteiger partial charge in [0.15, 0.2) is 0 Å². The van der Waals surface area contributed by atoms with Gasteiger partial charge in [-0.2, -0.15) is 0 Å². The highest BCUT2D eigenvalue weighted by molar-refractivity contribution is 8.00. The Morgan fingerprint density at radius 3 is 2.63 bits per heavy atom. The van der Waals surface area contributed by atoms with Gasteiger partial charge in [-0.25, -0.2) is 9.78 Å². The van der Waals surface area contributed by atoms with Crippen LogP contribution in [0.5, 0.6) is 0 Å². The van der Waals surface area contributed by atoms with E-state index in [0.29, 0.717) is 0 Å². The summed E-state index contributed by atoms with van der Waals surface area (Å²) in [5.74, 6) is -0.294. The number of thioether (sulfide) groups is 1. The van der Waals surface area contributed by atoms with Crippen LogP contribution in [0.2, 0.25) is 0 Å². The van der Waals surface area contributed by atoms with Gasteiger partial charge in [-0.15, -0.1) is 0 Å². The second-order valence-electron chi connectivity index (χ2n) is 7.31. The zero-order valence-electron chi connectivity index (χ0n) is 16.2. The number of rotatable bonds is 4. The van der Waals surface area contributed by atoms with Crippen molar-refractivity contribution in [2.75, 3.05) is 0 Å². The molecule has 0 unspecified atom stereocenters. The van der Waals surface area contributed by atoms with E-state index in [1.165, 1.54) is 18.2 Å². The maximum atomic E-state index is 12.4. The Morgan fingerprint density at radius 2 is 1.89 bits per heavy atom. The van der Waals surface area contributed by atoms with Crippen molar-refractivity contribution < 1.29 is 9.59 Å². The highest BCUT2D eigenvalue weighted by atomic mass is 32.2. The number of aryl methyl sites for hydroxylation is 2. The molecule has 0 radical (unpaired) electrons. The molecule has 5 nitrogen and oxygen atoms in total. The maximum absolute atomic E-state index is 12.4. The second-order valence-corrected chi connectivity index (χ2v) is 8.67. The molecule has 1 aromatic heterocycles. The lowest BCUT2D eigenvalue weighted by atomic mass is 9.96. The number of nitrogens with zero attached hydrogens (tertiary/aromatic N) is 1. The average molecular weight is 386 g/mol. The van der Waals surface area contributed by atoms with Crippen molar-refractivity contribution in [1.29, 1.82) is 0 Å². The fraction of sp³-hybridized carbons (Fsp3) is 0.476. The molecule has 0 spiro atoms. The molecule has 1 atom stereocenters. The number of fused-ring (bicyclic) bond motifs is 1. The van der Waals surface area contributed by atoms with Gasteiger partial charge in [-0.3, -0.25) is 10.1 Å². The molecule has 1 aliphatic carbocycles. The van der Waals surface area contributed by atoms with Crippen LogP contribution >= 0.6 is 11.8 Å². The monoisotopic (exact) mass is 385 g/mol. The molecule has 1 fully saturated rings. The van der Waals surface area contributed by atoms with Crippen molar-refractivity contribution in [3.63, 3.8) is 0 Å². The van der Waals surface area contributed by atoms with Crippen LogP contribution in [-0.4, -0.2) is 28.2 Å². The molecular formula is C21H27N3O2S. The third-order valence-corrected chi connectivity index (χ3v) is 6.09. The number of carbonyl (C=O) groups excluding carboxylic acids is 2. The Bertz CT molecular complexity index is 847. The third-order valence-electron chi connectivity index (χ3n) is 5.07. The molecular weight excluding hydrogens is 358 g/mol. The summed E-state index contributed by atoms with van der Waals surface area (Å²) in [5.41, 5.74) is 3.21. The number of aromatic nitrogens is 1. The minimum atomic E-state index is -0.407. The zero-order chi connectivity index (χ0) is 19.4. The van der Waals surface area contributed by atoms with E-state index in [1.807, 2.05) is 25.1 Å². The van der Waals surface area contributed by atoms with Crippen molar-refractivity contribution in [3.05, 3.63) is 35.4 Å². The van der Waals surface area contributed by atoms with Gasteiger partial charge < -0.3 is 5.32 Å². The fourth-order valence-electron chi connectivity index (χ4n) is 3.51. The van der Waals surface area contributed by atoms with Crippen LogP contribution < -0.4 is 10.6 Å². The van der Waals surface area contributed by atoms with Crippen LogP contribution in [0.15, 0.2) is 29.3 Å². The number of hydrogen-bond acceptors (Lipinski definition) is 4. The first-order valence-electron chi connectivity index (χ1n) is 9.59. The summed E-state index contributed by atoms with van der Waals surface area (Å²) in [5, 5.41) is 6.90. The molecule has 27 heavy (non-hydrogen) atoms. The average Bonchev–Trinajstić information content (AvgIpc) is 2.63. The van der Waals surface area contributed by atoms with Crippen molar-refractivity contribution in [3.8, 4) is 0 Å². The molecule has 144 valence electrons. The zero-order valence-corrected chi connectivity index (χ0v) is 17.0. The van der Waals surface area contributed by atoms with Crippen molar-refractivity contribution in [2.24, 2.45) is 0 Å². The normalized spacial score (nSPS) is 16.1. The predicted octanol–water partition coefficient (Wildman–Crippen LogP) is 4.49. The molecule has 1 saturated carbocycles. The summed E-state index contributed by atoms with van der Waals surface area (Å²) >= 11 is 1.37. The van der Waals surface area contributed by atoms with Crippen molar-refractivity contribution in [2.45, 2.75) is 69.2 Å². The standard InChI is InChI=1S/C21H27N3O2S/c1-13-8-7-11-17-14(2)12-18(23-19(13)17)27-15(3)20(25)24-21(26)22-16-9-5-4-6-10-16/h7-8,11-12,15-16H,4-6,9-10H2,1-3H3,(H2,22,24,25,26)/t15-/m0/s1. The van der Waals surface area contributed by atoms with Crippen LogP contribution in [-0.2, 0) is 4.79 Å². The second kappa shape index (κ2) is 8.74. The number of hydrogen-bond donors (Lipinski definition) is 2. The van der Waals surface area contributed by atoms with Gasteiger partial charge in [-0.05, 0) is 50.8 Å². The first-order valence-corrected chi connectivity index (χ1v) is 10.5. The lowest BCUT2D eigenvalue weighted by molar-refractivity contribution is -0.119. The topological polar surface area (TPSA) is 71.1 Å². The number of para-hydroxylation sites is 1. The Kier molecular flexibility index (Phi) is 6.37. The summed E-state index contributed by atoms with van der Waals surface area (Å²) < 4.78 is 0. The Morgan fingerprint density at radius 1 is 1.15 bits per heavy atom.